The topological polar surface area (TPSA) is 59.4 Å². The van der Waals surface area contributed by atoms with Crippen LogP contribution in [0.4, 0.5) is 0 Å². The van der Waals surface area contributed by atoms with Crippen LogP contribution in [0.15, 0.2) is 30.3 Å². The van der Waals surface area contributed by atoms with E-state index in [9.17, 15) is 4.79 Å². The zero-order valence-electron chi connectivity index (χ0n) is 19.4. The molecule has 32 heavy (non-hydrogen) atoms. The number of ether oxygens (including phenoxy) is 1. The molecule has 4 fully saturated rings. The largest absolute Gasteiger partial charge is 0.497 e. The smallest absolute Gasteiger partial charge is 0.251 e. The van der Waals surface area contributed by atoms with Crippen LogP contribution in [-0.4, -0.2) is 53.4 Å². The molecule has 1 unspecified atom stereocenters. The van der Waals surface area contributed by atoms with E-state index in [1.165, 1.54) is 49.9 Å². The number of fused-ring (bicyclic) bond motifs is 3. The Morgan fingerprint density at radius 1 is 1.16 bits per heavy atom. The number of carbonyl (C=O) groups is 1. The van der Waals surface area contributed by atoms with E-state index >= 15 is 0 Å². The fourth-order valence-electron chi connectivity index (χ4n) is 6.19. The molecule has 2 aromatic rings. The highest BCUT2D eigenvalue weighted by Gasteiger charge is 2.42. The van der Waals surface area contributed by atoms with Crippen molar-refractivity contribution in [3.05, 3.63) is 47.3 Å². The lowest BCUT2D eigenvalue weighted by atomic mass is 9.74. The van der Waals surface area contributed by atoms with Crippen molar-refractivity contribution in [1.29, 1.82) is 0 Å². The van der Waals surface area contributed by atoms with Crippen molar-refractivity contribution in [3.8, 4) is 5.75 Å². The van der Waals surface area contributed by atoms with Gasteiger partial charge in [0.1, 0.15) is 5.75 Å². The molecule has 4 atom stereocenters. The summed E-state index contributed by atoms with van der Waals surface area (Å²) in [7, 11) is 3.77. The van der Waals surface area contributed by atoms with Crippen LogP contribution in [0.25, 0.3) is 0 Å². The molecular formula is C26H36N4O2. The van der Waals surface area contributed by atoms with Gasteiger partial charge in [-0.25, -0.2) is 0 Å². The van der Waals surface area contributed by atoms with Crippen LogP contribution in [0.2, 0.25) is 0 Å². The van der Waals surface area contributed by atoms with Gasteiger partial charge in [0.05, 0.1) is 12.8 Å². The second-order valence-electron chi connectivity index (χ2n) is 9.93. The van der Waals surface area contributed by atoms with Gasteiger partial charge >= 0.3 is 0 Å². The number of hydrogen-bond donors (Lipinski definition) is 1. The number of piperidine rings is 3. The maximum Gasteiger partial charge on any atom is 0.251 e. The number of aryl methyl sites for hydroxylation is 1. The van der Waals surface area contributed by atoms with Crippen LogP contribution in [-0.2, 0) is 7.05 Å². The minimum absolute atomic E-state index is 0.00407. The standard InChI is InChI=1S/C26H36N4O2/c1-29-25(15-24(28-29)18-6-4-3-5-7-18)23-17-30-13-12-20(23)14-21(30)16-27-26(31)19-8-10-22(32-2)11-9-19/h8-11,15,18,20-21,23H,3-7,12-14,16-17H2,1-2H3,(H,27,31)/t20-,21+,23-/m0/s1. The molecule has 0 spiro atoms. The van der Waals surface area contributed by atoms with Gasteiger partial charge in [-0.2, -0.15) is 5.10 Å². The monoisotopic (exact) mass is 436 g/mol. The second-order valence-corrected chi connectivity index (χ2v) is 9.93. The molecule has 1 aliphatic carbocycles. The highest BCUT2D eigenvalue weighted by atomic mass is 16.5. The van der Waals surface area contributed by atoms with Gasteiger partial charge in [-0.3, -0.25) is 14.4 Å². The summed E-state index contributed by atoms with van der Waals surface area (Å²) >= 11 is 0. The SMILES string of the molecule is COc1ccc(C(=O)NC[C@H]2C[C@@H]3CCN2C[C@@H]3c2cc(C3CCCCC3)nn2C)cc1. The Kier molecular flexibility index (Phi) is 6.22. The Morgan fingerprint density at radius 2 is 1.94 bits per heavy atom. The number of amides is 1. The molecule has 3 aliphatic heterocycles. The number of carbonyl (C=O) groups excluding carboxylic acids is 1. The van der Waals surface area contributed by atoms with Crippen molar-refractivity contribution in [2.45, 2.75) is 62.8 Å². The van der Waals surface area contributed by atoms with Gasteiger partial charge in [-0.1, -0.05) is 19.3 Å². The summed E-state index contributed by atoms with van der Waals surface area (Å²) in [5.41, 5.74) is 3.42. The van der Waals surface area contributed by atoms with Gasteiger partial charge in [-0.15, -0.1) is 0 Å². The summed E-state index contributed by atoms with van der Waals surface area (Å²) in [5.74, 6) is 2.66. The van der Waals surface area contributed by atoms with Gasteiger partial charge in [0.15, 0.2) is 0 Å². The van der Waals surface area contributed by atoms with E-state index in [2.05, 4.69) is 28.0 Å². The Balaban J connectivity index is 1.20. The van der Waals surface area contributed by atoms with E-state index in [1.54, 1.807) is 7.11 Å². The van der Waals surface area contributed by atoms with Gasteiger partial charge in [0, 0.05) is 49.3 Å². The second kappa shape index (κ2) is 9.26. The fraction of sp³-hybridized carbons (Fsp3) is 0.615. The molecule has 0 radical (unpaired) electrons. The van der Waals surface area contributed by atoms with Crippen molar-refractivity contribution in [1.82, 2.24) is 20.0 Å². The summed E-state index contributed by atoms with van der Waals surface area (Å²) in [6, 6.07) is 10.2. The van der Waals surface area contributed by atoms with Crippen molar-refractivity contribution in [2.24, 2.45) is 13.0 Å². The fourth-order valence-corrected chi connectivity index (χ4v) is 6.19. The van der Waals surface area contributed by atoms with E-state index in [0.29, 0.717) is 35.9 Å². The Hall–Kier alpha value is -2.34. The van der Waals surface area contributed by atoms with E-state index in [0.717, 1.165) is 25.3 Å². The summed E-state index contributed by atoms with van der Waals surface area (Å²) in [5, 5.41) is 8.11. The lowest BCUT2D eigenvalue weighted by molar-refractivity contribution is 0.0280. The van der Waals surface area contributed by atoms with Gasteiger partial charge in [0.2, 0.25) is 0 Å². The van der Waals surface area contributed by atoms with Gasteiger partial charge in [0.25, 0.3) is 5.91 Å². The first-order valence-electron chi connectivity index (χ1n) is 12.3. The minimum atomic E-state index is -0.00407. The summed E-state index contributed by atoms with van der Waals surface area (Å²) in [6.07, 6.45) is 9.07. The van der Waals surface area contributed by atoms with E-state index in [1.807, 2.05) is 24.3 Å². The molecule has 3 saturated heterocycles. The molecule has 1 aromatic heterocycles. The first-order chi connectivity index (χ1) is 15.6. The first kappa shape index (κ1) is 21.5. The Labute approximate surface area is 191 Å². The molecule has 4 aliphatic rings. The molecule has 1 N–H and O–H groups in total. The molecule has 2 bridgehead atoms. The van der Waals surface area contributed by atoms with Crippen LogP contribution in [0.3, 0.4) is 0 Å². The normalized spacial score (nSPS) is 27.9. The van der Waals surface area contributed by atoms with Crippen LogP contribution in [0, 0.1) is 5.92 Å². The van der Waals surface area contributed by atoms with Crippen LogP contribution in [0.5, 0.6) is 5.75 Å². The van der Waals surface area contributed by atoms with Gasteiger partial charge in [-0.05, 0) is 68.5 Å². The number of aromatic nitrogens is 2. The number of hydrogen-bond acceptors (Lipinski definition) is 4. The van der Waals surface area contributed by atoms with E-state index in [4.69, 9.17) is 9.84 Å². The number of rotatable bonds is 6. The third-order valence-corrected chi connectivity index (χ3v) is 8.07. The quantitative estimate of drug-likeness (QED) is 0.741. The van der Waals surface area contributed by atoms with Crippen molar-refractivity contribution >= 4 is 5.91 Å². The van der Waals surface area contributed by atoms with Crippen LogP contribution >= 0.6 is 0 Å². The number of nitrogens with zero attached hydrogens (tertiary/aromatic N) is 3. The van der Waals surface area contributed by atoms with Gasteiger partial charge < -0.3 is 10.1 Å². The molecule has 172 valence electrons. The summed E-state index contributed by atoms with van der Waals surface area (Å²) < 4.78 is 7.35. The van der Waals surface area contributed by atoms with Crippen molar-refractivity contribution < 1.29 is 9.53 Å². The third-order valence-electron chi connectivity index (χ3n) is 8.07. The number of nitrogens with one attached hydrogen (secondary N) is 1. The zero-order chi connectivity index (χ0) is 22.1. The average Bonchev–Trinajstić information content (AvgIpc) is 3.25. The predicted molar refractivity (Wildman–Crippen MR) is 125 cm³/mol. The summed E-state index contributed by atoms with van der Waals surface area (Å²) in [6.45, 7) is 2.93. The van der Waals surface area contributed by atoms with Crippen LogP contribution in [0.1, 0.15) is 78.5 Å². The Bertz CT molecular complexity index is 932. The lowest BCUT2D eigenvalue weighted by Gasteiger charge is -2.50. The molecule has 4 heterocycles. The molecule has 1 aromatic carbocycles. The molecule has 6 nitrogen and oxygen atoms in total. The predicted octanol–water partition coefficient (Wildman–Crippen LogP) is 4.08. The molecular weight excluding hydrogens is 400 g/mol. The number of benzene rings is 1. The van der Waals surface area contributed by atoms with Crippen LogP contribution < -0.4 is 10.1 Å². The highest BCUT2D eigenvalue weighted by Crippen LogP contribution is 2.42. The highest BCUT2D eigenvalue weighted by molar-refractivity contribution is 5.94. The van der Waals surface area contributed by atoms with Crippen molar-refractivity contribution in [3.63, 3.8) is 0 Å². The lowest BCUT2D eigenvalue weighted by Crippen LogP contribution is -2.56. The maximum atomic E-state index is 12.6. The molecule has 1 amide bonds. The molecule has 6 rings (SSSR count). The maximum absolute atomic E-state index is 12.6. The van der Waals surface area contributed by atoms with E-state index < -0.39 is 0 Å². The summed E-state index contributed by atoms with van der Waals surface area (Å²) in [4.78, 5) is 15.2. The molecule has 1 saturated carbocycles. The Morgan fingerprint density at radius 3 is 2.62 bits per heavy atom. The zero-order valence-corrected chi connectivity index (χ0v) is 19.4. The molecule has 6 heteroatoms. The third kappa shape index (κ3) is 4.29. The first-order valence-corrected chi connectivity index (χ1v) is 12.3. The minimum Gasteiger partial charge on any atom is -0.497 e. The van der Waals surface area contributed by atoms with E-state index in [-0.39, 0.29) is 5.91 Å². The number of methoxy groups -OCH3 is 1. The van der Waals surface area contributed by atoms with Crippen molar-refractivity contribution in [2.75, 3.05) is 26.7 Å². The average molecular weight is 437 g/mol.